The lowest BCUT2D eigenvalue weighted by Gasteiger charge is -2.24. The number of piperidine rings is 1. The van der Waals surface area contributed by atoms with Gasteiger partial charge in [0.2, 0.25) is 5.95 Å². The molecule has 0 atom stereocenters. The second-order valence-corrected chi connectivity index (χ2v) is 9.04. The fourth-order valence-corrected chi connectivity index (χ4v) is 4.41. The SMILES string of the molecule is C=CCn1c(=O)c2cnc(Nc3ccc(Cl)c(Cl)c3)nc2n1-c1cccc(NC2CCNCC2)n1. The number of aromatic nitrogens is 5. The molecule has 11 heteroatoms. The van der Waals surface area contributed by atoms with Crippen molar-refractivity contribution in [2.45, 2.75) is 25.4 Å². The zero-order valence-corrected chi connectivity index (χ0v) is 20.4. The normalized spacial score (nSPS) is 14.2. The average molecular weight is 511 g/mol. The van der Waals surface area contributed by atoms with E-state index in [9.17, 15) is 4.79 Å². The van der Waals surface area contributed by atoms with Gasteiger partial charge in [0.05, 0.1) is 16.6 Å². The minimum absolute atomic E-state index is 0.223. The Kier molecular flexibility index (Phi) is 6.72. The molecule has 3 aromatic heterocycles. The fourth-order valence-electron chi connectivity index (χ4n) is 4.11. The van der Waals surface area contributed by atoms with Crippen molar-refractivity contribution >= 4 is 51.7 Å². The van der Waals surface area contributed by atoms with Crippen LogP contribution in [0.4, 0.5) is 17.5 Å². The Morgan fingerprint density at radius 1 is 1.14 bits per heavy atom. The predicted molar refractivity (Wildman–Crippen MR) is 140 cm³/mol. The first kappa shape index (κ1) is 23.3. The summed E-state index contributed by atoms with van der Waals surface area (Å²) in [4.78, 5) is 27.0. The van der Waals surface area contributed by atoms with E-state index in [1.165, 1.54) is 6.20 Å². The first-order valence-corrected chi connectivity index (χ1v) is 12.1. The molecule has 0 amide bonds. The van der Waals surface area contributed by atoms with Gasteiger partial charge in [-0.15, -0.1) is 6.58 Å². The van der Waals surface area contributed by atoms with Crippen LogP contribution in [-0.4, -0.2) is 43.4 Å². The van der Waals surface area contributed by atoms with Gasteiger partial charge in [0.1, 0.15) is 11.2 Å². The van der Waals surface area contributed by atoms with Crippen LogP contribution in [0.3, 0.4) is 0 Å². The van der Waals surface area contributed by atoms with Crippen LogP contribution in [0.5, 0.6) is 0 Å². The number of pyridine rings is 1. The molecular weight excluding hydrogens is 487 g/mol. The van der Waals surface area contributed by atoms with E-state index in [2.05, 4.69) is 32.5 Å². The smallest absolute Gasteiger partial charge is 0.278 e. The van der Waals surface area contributed by atoms with E-state index < -0.39 is 0 Å². The topological polar surface area (TPSA) is 102 Å². The van der Waals surface area contributed by atoms with E-state index in [1.54, 1.807) is 33.6 Å². The lowest BCUT2D eigenvalue weighted by Crippen LogP contribution is -2.35. The molecule has 1 fully saturated rings. The number of allylic oxidation sites excluding steroid dienone is 1. The second kappa shape index (κ2) is 10.1. The Hall–Kier alpha value is -3.40. The summed E-state index contributed by atoms with van der Waals surface area (Å²) in [6.45, 7) is 6.04. The van der Waals surface area contributed by atoms with Gasteiger partial charge < -0.3 is 16.0 Å². The zero-order chi connectivity index (χ0) is 24.4. The van der Waals surface area contributed by atoms with Crippen molar-refractivity contribution in [3.8, 4) is 5.82 Å². The van der Waals surface area contributed by atoms with Crippen molar-refractivity contribution < 1.29 is 0 Å². The number of fused-ring (bicyclic) bond motifs is 1. The molecule has 35 heavy (non-hydrogen) atoms. The van der Waals surface area contributed by atoms with Crippen molar-refractivity contribution in [2.24, 2.45) is 0 Å². The molecule has 0 unspecified atom stereocenters. The van der Waals surface area contributed by atoms with E-state index in [4.69, 9.17) is 28.2 Å². The first-order chi connectivity index (χ1) is 17.0. The lowest BCUT2D eigenvalue weighted by molar-refractivity contribution is 0.478. The van der Waals surface area contributed by atoms with E-state index in [1.807, 2.05) is 18.2 Å². The maximum Gasteiger partial charge on any atom is 0.278 e. The highest BCUT2D eigenvalue weighted by Crippen LogP contribution is 2.26. The maximum absolute atomic E-state index is 13.2. The number of nitrogens with one attached hydrogen (secondary N) is 3. The van der Waals surface area contributed by atoms with Gasteiger partial charge in [0, 0.05) is 17.9 Å². The molecule has 1 aliphatic rings. The number of halogens is 2. The quantitative estimate of drug-likeness (QED) is 0.317. The summed E-state index contributed by atoms with van der Waals surface area (Å²) in [5.74, 6) is 1.62. The molecule has 0 saturated carbocycles. The molecule has 9 nitrogen and oxygen atoms in total. The molecule has 1 saturated heterocycles. The second-order valence-electron chi connectivity index (χ2n) is 8.22. The van der Waals surface area contributed by atoms with Crippen LogP contribution in [0.1, 0.15) is 12.8 Å². The van der Waals surface area contributed by atoms with E-state index >= 15 is 0 Å². The molecule has 1 aromatic carbocycles. The van der Waals surface area contributed by atoms with E-state index in [-0.39, 0.29) is 5.56 Å². The van der Waals surface area contributed by atoms with Crippen molar-refractivity contribution in [1.82, 2.24) is 29.6 Å². The van der Waals surface area contributed by atoms with Gasteiger partial charge >= 0.3 is 0 Å². The molecule has 0 bridgehead atoms. The molecule has 0 spiro atoms. The monoisotopic (exact) mass is 510 g/mol. The van der Waals surface area contributed by atoms with Gasteiger partial charge in [0.25, 0.3) is 5.56 Å². The van der Waals surface area contributed by atoms with Crippen molar-refractivity contribution in [3.05, 3.63) is 75.6 Å². The highest BCUT2D eigenvalue weighted by Gasteiger charge is 2.19. The molecule has 0 aliphatic carbocycles. The summed E-state index contributed by atoms with van der Waals surface area (Å²) in [5, 5.41) is 11.2. The Bertz CT molecular complexity index is 1440. The number of hydrogen-bond donors (Lipinski definition) is 3. The summed E-state index contributed by atoms with van der Waals surface area (Å²) in [6.07, 6.45) is 5.22. The Balaban J connectivity index is 1.56. The highest BCUT2D eigenvalue weighted by molar-refractivity contribution is 6.42. The Labute approximate surface area is 211 Å². The third kappa shape index (κ3) is 4.88. The average Bonchev–Trinajstić information content (AvgIpc) is 3.13. The van der Waals surface area contributed by atoms with Crippen LogP contribution in [0.15, 0.2) is 60.0 Å². The van der Waals surface area contributed by atoms with Crippen LogP contribution in [0, 0.1) is 0 Å². The fraction of sp³-hybridized carbons (Fsp3) is 0.250. The molecule has 4 aromatic rings. The molecular formula is C24H24Cl2N8O. The summed E-state index contributed by atoms with van der Waals surface area (Å²) in [6, 6.07) is 11.2. The van der Waals surface area contributed by atoms with Crippen LogP contribution < -0.4 is 21.5 Å². The van der Waals surface area contributed by atoms with Gasteiger partial charge in [-0.3, -0.25) is 4.79 Å². The Morgan fingerprint density at radius 2 is 1.97 bits per heavy atom. The minimum Gasteiger partial charge on any atom is -0.367 e. The minimum atomic E-state index is -0.223. The standard InChI is InChI=1S/C24H24Cl2N8O/c1-2-12-33-23(35)17-14-28-24(30-16-6-7-18(25)19(26)13-16)32-22(17)34(33)21-5-3-4-20(31-21)29-15-8-10-27-11-9-15/h2-7,13-15,27H,1,8-12H2,(H,29,31)(H,28,30,32). The van der Waals surface area contributed by atoms with Crippen LogP contribution in [-0.2, 0) is 6.54 Å². The lowest BCUT2D eigenvalue weighted by atomic mass is 10.1. The summed E-state index contributed by atoms with van der Waals surface area (Å²) < 4.78 is 3.25. The number of hydrogen-bond acceptors (Lipinski definition) is 7. The highest BCUT2D eigenvalue weighted by atomic mass is 35.5. The third-order valence-electron chi connectivity index (χ3n) is 5.80. The zero-order valence-electron chi connectivity index (χ0n) is 18.8. The number of nitrogens with zero attached hydrogens (tertiary/aromatic N) is 5. The maximum atomic E-state index is 13.2. The molecule has 180 valence electrons. The third-order valence-corrected chi connectivity index (χ3v) is 6.53. The summed E-state index contributed by atoms with van der Waals surface area (Å²) >= 11 is 12.2. The number of rotatable bonds is 7. The summed E-state index contributed by atoms with van der Waals surface area (Å²) in [7, 11) is 0. The predicted octanol–water partition coefficient (Wildman–Crippen LogP) is 4.38. The van der Waals surface area contributed by atoms with E-state index in [0.29, 0.717) is 51.1 Å². The number of anilines is 3. The van der Waals surface area contributed by atoms with Crippen molar-refractivity contribution in [3.63, 3.8) is 0 Å². The van der Waals surface area contributed by atoms with Crippen LogP contribution in [0.2, 0.25) is 10.0 Å². The van der Waals surface area contributed by atoms with Gasteiger partial charge in [-0.2, -0.15) is 4.98 Å². The van der Waals surface area contributed by atoms with Crippen LogP contribution in [0.25, 0.3) is 16.9 Å². The van der Waals surface area contributed by atoms with E-state index in [0.717, 1.165) is 31.7 Å². The van der Waals surface area contributed by atoms with Gasteiger partial charge in [-0.1, -0.05) is 35.3 Å². The summed E-state index contributed by atoms with van der Waals surface area (Å²) in [5.41, 5.74) is 0.880. The van der Waals surface area contributed by atoms with Crippen LogP contribution >= 0.6 is 23.2 Å². The number of benzene rings is 1. The van der Waals surface area contributed by atoms with Crippen molar-refractivity contribution in [1.29, 1.82) is 0 Å². The molecule has 0 radical (unpaired) electrons. The molecule has 3 N–H and O–H groups in total. The van der Waals surface area contributed by atoms with Crippen molar-refractivity contribution in [2.75, 3.05) is 23.7 Å². The molecule has 4 heterocycles. The molecule has 5 rings (SSSR count). The van der Waals surface area contributed by atoms with Gasteiger partial charge in [-0.25, -0.2) is 19.3 Å². The molecule has 1 aliphatic heterocycles. The largest absolute Gasteiger partial charge is 0.367 e. The first-order valence-electron chi connectivity index (χ1n) is 11.3. The van der Waals surface area contributed by atoms with Gasteiger partial charge in [-0.05, 0) is 56.3 Å². The Morgan fingerprint density at radius 3 is 2.74 bits per heavy atom. The van der Waals surface area contributed by atoms with Gasteiger partial charge in [0.15, 0.2) is 11.5 Å².